The first kappa shape index (κ1) is 18.6. The Balaban J connectivity index is -0.000000720. The van der Waals surface area contributed by atoms with Gasteiger partial charge in [0, 0.05) is 0 Å². The molecule has 0 radical (unpaired) electrons. The monoisotopic (exact) mass is 306 g/mol. The maximum atomic E-state index is 10.9. The first-order valence-electron chi connectivity index (χ1n) is 3.33. The first-order valence-corrected chi connectivity index (χ1v) is 5.86. The van der Waals surface area contributed by atoms with E-state index in [2.05, 4.69) is 4.74 Å². The number of alkyl halides is 3. The van der Waals surface area contributed by atoms with Crippen molar-refractivity contribution in [3.63, 3.8) is 0 Å². The molecule has 0 aliphatic carbocycles. The number of ether oxygens (including phenoxy) is 1. The van der Waals surface area contributed by atoms with Crippen molar-refractivity contribution in [2.45, 2.75) is 16.5 Å². The van der Waals surface area contributed by atoms with Gasteiger partial charge in [-0.25, -0.2) is 4.79 Å². The standard InChI is InChI=1S/C6H9Cl3O3S.K.H/c1-13-3-2-4(10)5(11)12-6(7,8)9;;/h4,10H,2-3H2,1H3;;/q;+1;-1/t4-;;/m0../s1. The maximum absolute atomic E-state index is 10.9. The molecule has 14 heavy (non-hydrogen) atoms. The van der Waals surface area contributed by atoms with Crippen LogP contribution in [0.5, 0.6) is 0 Å². The van der Waals surface area contributed by atoms with Crippen LogP contribution in [0.15, 0.2) is 0 Å². The summed E-state index contributed by atoms with van der Waals surface area (Å²) < 4.78 is 2.19. The third-order valence-electron chi connectivity index (χ3n) is 1.08. The van der Waals surface area contributed by atoms with E-state index < -0.39 is 16.1 Å². The number of hydrogen-bond acceptors (Lipinski definition) is 4. The summed E-state index contributed by atoms with van der Waals surface area (Å²) in [6.07, 6.45) is 0.899. The fourth-order valence-corrected chi connectivity index (χ4v) is 1.22. The van der Waals surface area contributed by atoms with Crippen molar-refractivity contribution in [2.24, 2.45) is 0 Å². The Kier molecular flexibility index (Phi) is 12.4. The van der Waals surface area contributed by atoms with Crippen LogP contribution in [-0.2, 0) is 9.53 Å². The largest absolute Gasteiger partial charge is 1.00 e. The number of hydrogen-bond donors (Lipinski definition) is 1. The summed E-state index contributed by atoms with van der Waals surface area (Å²) in [6, 6.07) is 0. The van der Waals surface area contributed by atoms with Gasteiger partial charge in [-0.2, -0.15) is 11.8 Å². The van der Waals surface area contributed by atoms with Gasteiger partial charge in [0.1, 0.15) is 0 Å². The van der Waals surface area contributed by atoms with Gasteiger partial charge in [0.15, 0.2) is 6.10 Å². The molecule has 0 heterocycles. The van der Waals surface area contributed by atoms with E-state index in [9.17, 15) is 4.79 Å². The quantitative estimate of drug-likeness (QED) is 0.415. The zero-order chi connectivity index (χ0) is 10.5. The fraction of sp³-hybridized carbons (Fsp3) is 0.833. The normalized spacial score (nSPS) is 12.9. The smallest absolute Gasteiger partial charge is 1.00 e. The summed E-state index contributed by atoms with van der Waals surface area (Å²) in [4.78, 5) is 10.9. The van der Waals surface area contributed by atoms with Crippen LogP contribution in [-0.4, -0.2) is 33.2 Å². The molecule has 0 unspecified atom stereocenters. The topological polar surface area (TPSA) is 46.5 Å². The molecule has 0 aromatic rings. The molecule has 0 aliphatic rings. The van der Waals surface area contributed by atoms with E-state index in [-0.39, 0.29) is 59.2 Å². The van der Waals surface area contributed by atoms with E-state index >= 15 is 0 Å². The zero-order valence-corrected chi connectivity index (χ0v) is 14.0. The predicted octanol–water partition coefficient (Wildman–Crippen LogP) is -0.912. The Morgan fingerprint density at radius 3 is 2.50 bits per heavy atom. The van der Waals surface area contributed by atoms with Gasteiger partial charge < -0.3 is 11.3 Å². The minimum Gasteiger partial charge on any atom is -1.00 e. The minimum atomic E-state index is -2.10. The Morgan fingerprint density at radius 2 is 2.14 bits per heavy atom. The van der Waals surface area contributed by atoms with E-state index in [1.54, 1.807) is 0 Å². The number of esters is 1. The SMILES string of the molecule is CSCC[C@H](O)C(=O)OC(Cl)(Cl)Cl.[H-].[K+]. The van der Waals surface area contributed by atoms with Gasteiger partial charge in [-0.3, -0.25) is 0 Å². The van der Waals surface area contributed by atoms with E-state index in [0.717, 1.165) is 0 Å². The molecular weight excluding hydrogens is 298 g/mol. The minimum absolute atomic E-state index is 0. The van der Waals surface area contributed by atoms with Crippen LogP contribution in [0.1, 0.15) is 7.85 Å². The summed E-state index contributed by atoms with van der Waals surface area (Å²) in [5.74, 6) is -0.287. The molecule has 3 nitrogen and oxygen atoms in total. The third-order valence-corrected chi connectivity index (χ3v) is 1.96. The molecule has 1 atom stereocenters. The predicted molar refractivity (Wildman–Crippen MR) is 56.5 cm³/mol. The van der Waals surface area contributed by atoms with Gasteiger partial charge in [0.25, 0.3) is 0 Å². The van der Waals surface area contributed by atoms with Gasteiger partial charge in [-0.1, -0.05) is 0 Å². The van der Waals surface area contributed by atoms with Crippen molar-refractivity contribution in [3.8, 4) is 0 Å². The maximum Gasteiger partial charge on any atom is 1.00 e. The van der Waals surface area contributed by atoms with E-state index in [1.165, 1.54) is 11.8 Å². The number of halogens is 3. The van der Waals surface area contributed by atoms with E-state index in [1.807, 2.05) is 6.26 Å². The number of aliphatic hydroxyl groups excluding tert-OH is 1. The summed E-state index contributed by atoms with van der Waals surface area (Å²) in [5.41, 5.74) is 0. The summed E-state index contributed by atoms with van der Waals surface area (Å²) >= 11 is 17.0. The van der Waals surface area contributed by atoms with Crippen LogP contribution >= 0.6 is 46.6 Å². The Morgan fingerprint density at radius 1 is 1.64 bits per heavy atom. The van der Waals surface area contributed by atoms with Crippen LogP contribution in [0.4, 0.5) is 0 Å². The molecule has 0 fully saturated rings. The molecule has 0 aromatic heterocycles. The molecule has 0 spiro atoms. The molecule has 80 valence electrons. The van der Waals surface area contributed by atoms with E-state index in [0.29, 0.717) is 5.75 Å². The van der Waals surface area contributed by atoms with Crippen molar-refractivity contribution in [1.82, 2.24) is 0 Å². The second-order valence-corrected chi connectivity index (χ2v) is 5.33. The molecule has 0 saturated carbocycles. The Hall–Kier alpha value is 2.29. The molecule has 0 aromatic carbocycles. The molecule has 0 amide bonds. The van der Waals surface area contributed by atoms with Crippen LogP contribution in [0.25, 0.3) is 0 Å². The Bertz CT molecular complexity index is 181. The van der Waals surface area contributed by atoms with Crippen molar-refractivity contribution >= 4 is 52.5 Å². The average molecular weight is 308 g/mol. The van der Waals surface area contributed by atoms with Crippen LogP contribution in [0, 0.1) is 0 Å². The number of rotatable bonds is 4. The second kappa shape index (κ2) is 9.33. The van der Waals surface area contributed by atoms with Gasteiger partial charge in [-0.05, 0) is 53.2 Å². The van der Waals surface area contributed by atoms with E-state index in [4.69, 9.17) is 39.9 Å². The third kappa shape index (κ3) is 10.8. The van der Waals surface area contributed by atoms with Crippen molar-refractivity contribution in [2.75, 3.05) is 12.0 Å². The first-order chi connectivity index (χ1) is 5.87. The number of aliphatic hydroxyl groups is 1. The average Bonchev–Trinajstić information content (AvgIpc) is 1.96. The van der Waals surface area contributed by atoms with Gasteiger partial charge in [-0.15, -0.1) is 0 Å². The summed E-state index contributed by atoms with van der Waals surface area (Å²) in [5, 5.41) is 9.15. The van der Waals surface area contributed by atoms with Gasteiger partial charge in [0.05, 0.1) is 0 Å². The van der Waals surface area contributed by atoms with Crippen LogP contribution in [0.3, 0.4) is 0 Å². The number of carbonyl (C=O) groups is 1. The number of carbonyl (C=O) groups excluding carboxylic acids is 1. The summed E-state index contributed by atoms with van der Waals surface area (Å²) in [7, 11) is 0. The molecule has 0 bridgehead atoms. The molecule has 8 heteroatoms. The Labute approximate surface area is 146 Å². The second-order valence-electron chi connectivity index (χ2n) is 2.16. The molecule has 0 aliphatic heterocycles. The summed E-state index contributed by atoms with van der Waals surface area (Å²) in [6.45, 7) is 0. The molecule has 0 rings (SSSR count). The molecule has 0 saturated heterocycles. The van der Waals surface area contributed by atoms with Crippen molar-refractivity contribution < 1.29 is 67.4 Å². The van der Waals surface area contributed by atoms with Crippen LogP contribution < -0.4 is 51.4 Å². The van der Waals surface area contributed by atoms with Crippen molar-refractivity contribution in [1.29, 1.82) is 0 Å². The van der Waals surface area contributed by atoms with Crippen molar-refractivity contribution in [3.05, 3.63) is 0 Å². The van der Waals surface area contributed by atoms with Crippen LogP contribution in [0.2, 0.25) is 0 Å². The van der Waals surface area contributed by atoms with Gasteiger partial charge in [0.2, 0.25) is 0 Å². The molecule has 1 N–H and O–H groups in total. The van der Waals surface area contributed by atoms with Gasteiger partial charge >= 0.3 is 61.3 Å². The zero-order valence-electron chi connectivity index (χ0n) is 8.80. The fourth-order valence-electron chi connectivity index (χ4n) is 0.529. The molecular formula is C6H10Cl3KO3S. The number of thioether (sulfide) groups is 1.